The van der Waals surface area contributed by atoms with E-state index in [1.54, 1.807) is 0 Å². The van der Waals surface area contributed by atoms with E-state index in [4.69, 9.17) is 23.2 Å². The van der Waals surface area contributed by atoms with Gasteiger partial charge in [-0.3, -0.25) is 4.79 Å². The second-order valence-electron chi connectivity index (χ2n) is 1.49. The predicted molar refractivity (Wildman–Crippen MR) is 48.8 cm³/mol. The van der Waals surface area contributed by atoms with Crippen molar-refractivity contribution in [3.63, 3.8) is 0 Å². The first-order valence-corrected chi connectivity index (χ1v) is 4.12. The Morgan fingerprint density at radius 1 is 1.25 bits per heavy atom. The fourth-order valence-electron chi connectivity index (χ4n) is 0.452. The summed E-state index contributed by atoms with van der Waals surface area (Å²) in [6.45, 7) is 4.00. The van der Waals surface area contributed by atoms with Crippen LogP contribution in [-0.2, 0) is 0 Å². The summed E-state index contributed by atoms with van der Waals surface area (Å²) in [5.74, 6) is 0. The van der Waals surface area contributed by atoms with Gasteiger partial charge in [0.2, 0.25) is 0 Å². The second-order valence-corrected chi connectivity index (χ2v) is 2.20. The summed E-state index contributed by atoms with van der Waals surface area (Å²) in [5.41, 5.74) is 0.130. The van der Waals surface area contributed by atoms with Gasteiger partial charge in [0, 0.05) is 0 Å². The SMILES string of the molecule is CC.O=Cc1c(Cl)ncnc1Cl. The van der Waals surface area contributed by atoms with Crippen molar-refractivity contribution in [2.24, 2.45) is 0 Å². The zero-order valence-electron chi connectivity index (χ0n) is 6.71. The standard InChI is InChI=1S/C5H2Cl2N2O.C2H6/c6-4-3(1-10)5(7)9-2-8-4;1-2/h1-2H;1-2H3. The molecular weight excluding hydrogens is 199 g/mol. The first kappa shape index (κ1) is 11.3. The summed E-state index contributed by atoms with van der Waals surface area (Å²) in [6.07, 6.45) is 1.71. The minimum absolute atomic E-state index is 0.0787. The largest absolute Gasteiger partial charge is 0.298 e. The molecule has 0 atom stereocenters. The van der Waals surface area contributed by atoms with Gasteiger partial charge < -0.3 is 0 Å². The normalized spacial score (nSPS) is 8.33. The van der Waals surface area contributed by atoms with Crippen LogP contribution in [0.4, 0.5) is 0 Å². The maximum Gasteiger partial charge on any atom is 0.156 e. The van der Waals surface area contributed by atoms with Crippen LogP contribution in [0.3, 0.4) is 0 Å². The van der Waals surface area contributed by atoms with Gasteiger partial charge in [-0.15, -0.1) is 0 Å². The highest BCUT2D eigenvalue weighted by Crippen LogP contribution is 2.16. The lowest BCUT2D eigenvalue weighted by Crippen LogP contribution is -1.89. The van der Waals surface area contributed by atoms with E-state index in [9.17, 15) is 4.79 Å². The van der Waals surface area contributed by atoms with Crippen LogP contribution >= 0.6 is 23.2 Å². The fraction of sp³-hybridized carbons (Fsp3) is 0.286. The Morgan fingerprint density at radius 3 is 1.92 bits per heavy atom. The van der Waals surface area contributed by atoms with Gasteiger partial charge in [0.05, 0.1) is 5.56 Å². The van der Waals surface area contributed by atoms with E-state index in [0.717, 1.165) is 0 Å². The van der Waals surface area contributed by atoms with Crippen LogP contribution in [0.5, 0.6) is 0 Å². The molecular formula is C7H8Cl2N2O. The Bertz CT molecular complexity index is 245. The molecule has 0 fully saturated rings. The molecule has 0 aliphatic heterocycles. The molecule has 1 heterocycles. The van der Waals surface area contributed by atoms with Crippen molar-refractivity contribution in [3.05, 3.63) is 22.2 Å². The number of halogens is 2. The minimum Gasteiger partial charge on any atom is -0.298 e. The average Bonchev–Trinajstić information content (AvgIpc) is 2.08. The van der Waals surface area contributed by atoms with E-state index in [0.29, 0.717) is 6.29 Å². The molecule has 1 aromatic heterocycles. The topological polar surface area (TPSA) is 42.9 Å². The van der Waals surface area contributed by atoms with Crippen LogP contribution in [0.15, 0.2) is 6.33 Å². The Kier molecular flexibility index (Phi) is 5.58. The maximum atomic E-state index is 10.2. The van der Waals surface area contributed by atoms with Crippen molar-refractivity contribution in [2.75, 3.05) is 0 Å². The predicted octanol–water partition coefficient (Wildman–Crippen LogP) is 2.62. The molecule has 0 radical (unpaired) electrons. The summed E-state index contributed by atoms with van der Waals surface area (Å²) in [6, 6.07) is 0. The van der Waals surface area contributed by atoms with Crippen molar-refractivity contribution in [3.8, 4) is 0 Å². The molecule has 0 saturated carbocycles. The second kappa shape index (κ2) is 5.91. The van der Waals surface area contributed by atoms with Gasteiger partial charge in [-0.1, -0.05) is 37.0 Å². The van der Waals surface area contributed by atoms with Crippen LogP contribution in [0.1, 0.15) is 24.2 Å². The Hall–Kier alpha value is -0.670. The summed E-state index contributed by atoms with van der Waals surface area (Å²) in [7, 11) is 0. The third kappa shape index (κ3) is 2.75. The molecule has 0 amide bonds. The number of hydrogen-bond acceptors (Lipinski definition) is 3. The highest BCUT2D eigenvalue weighted by atomic mass is 35.5. The smallest absolute Gasteiger partial charge is 0.156 e. The zero-order valence-corrected chi connectivity index (χ0v) is 8.23. The van der Waals surface area contributed by atoms with E-state index in [1.165, 1.54) is 6.33 Å². The van der Waals surface area contributed by atoms with Crippen molar-refractivity contribution >= 4 is 29.5 Å². The zero-order chi connectivity index (χ0) is 9.56. The van der Waals surface area contributed by atoms with Crippen LogP contribution in [0.25, 0.3) is 0 Å². The minimum atomic E-state index is 0.0787. The van der Waals surface area contributed by atoms with Gasteiger partial charge in [0.15, 0.2) is 6.29 Å². The molecule has 3 nitrogen and oxygen atoms in total. The Labute approximate surface area is 80.7 Å². The molecule has 0 N–H and O–H groups in total. The third-order valence-electron chi connectivity index (χ3n) is 0.905. The van der Waals surface area contributed by atoms with Gasteiger partial charge in [-0.2, -0.15) is 0 Å². The van der Waals surface area contributed by atoms with Gasteiger partial charge in [0.1, 0.15) is 16.6 Å². The van der Waals surface area contributed by atoms with Crippen molar-refractivity contribution < 1.29 is 4.79 Å². The molecule has 0 bridgehead atoms. The lowest BCUT2D eigenvalue weighted by Gasteiger charge is -1.93. The highest BCUT2D eigenvalue weighted by Gasteiger charge is 2.04. The molecule has 1 aromatic rings. The Balaban J connectivity index is 0.000000561. The number of rotatable bonds is 1. The van der Waals surface area contributed by atoms with E-state index in [-0.39, 0.29) is 15.9 Å². The molecule has 5 heteroatoms. The molecule has 1 rings (SSSR count). The van der Waals surface area contributed by atoms with E-state index in [2.05, 4.69) is 9.97 Å². The lowest BCUT2D eigenvalue weighted by molar-refractivity contribution is 0.112. The number of hydrogen-bond donors (Lipinski definition) is 0. The lowest BCUT2D eigenvalue weighted by atomic mass is 10.4. The molecule has 66 valence electrons. The monoisotopic (exact) mass is 206 g/mol. The highest BCUT2D eigenvalue weighted by molar-refractivity contribution is 6.36. The molecule has 0 aromatic carbocycles. The molecule has 0 aliphatic carbocycles. The van der Waals surface area contributed by atoms with Crippen LogP contribution in [-0.4, -0.2) is 16.3 Å². The number of carbonyl (C=O) groups excluding carboxylic acids is 1. The van der Waals surface area contributed by atoms with Gasteiger partial charge in [-0.25, -0.2) is 9.97 Å². The number of carbonyl (C=O) groups is 1. The quantitative estimate of drug-likeness (QED) is 0.525. The first-order chi connectivity index (χ1) is 5.75. The number of aromatic nitrogens is 2. The van der Waals surface area contributed by atoms with Crippen LogP contribution in [0, 0.1) is 0 Å². The Morgan fingerprint density at radius 2 is 1.67 bits per heavy atom. The van der Waals surface area contributed by atoms with E-state index >= 15 is 0 Å². The van der Waals surface area contributed by atoms with Gasteiger partial charge in [-0.05, 0) is 0 Å². The molecule has 0 aliphatic rings. The average molecular weight is 207 g/mol. The van der Waals surface area contributed by atoms with E-state index in [1.807, 2.05) is 13.8 Å². The summed E-state index contributed by atoms with van der Waals surface area (Å²) < 4.78 is 0. The molecule has 0 unspecified atom stereocenters. The van der Waals surface area contributed by atoms with Crippen molar-refractivity contribution in [1.29, 1.82) is 0 Å². The fourth-order valence-corrected chi connectivity index (χ4v) is 0.855. The van der Waals surface area contributed by atoms with Crippen LogP contribution in [0.2, 0.25) is 10.3 Å². The summed E-state index contributed by atoms with van der Waals surface area (Å²) in [5, 5.41) is 0.157. The van der Waals surface area contributed by atoms with Crippen LogP contribution < -0.4 is 0 Å². The van der Waals surface area contributed by atoms with Crippen molar-refractivity contribution in [2.45, 2.75) is 13.8 Å². The van der Waals surface area contributed by atoms with Gasteiger partial charge in [0.25, 0.3) is 0 Å². The van der Waals surface area contributed by atoms with Gasteiger partial charge >= 0.3 is 0 Å². The number of aldehydes is 1. The molecule has 0 spiro atoms. The summed E-state index contributed by atoms with van der Waals surface area (Å²) >= 11 is 10.9. The summed E-state index contributed by atoms with van der Waals surface area (Å²) in [4.78, 5) is 17.3. The van der Waals surface area contributed by atoms with Crippen molar-refractivity contribution in [1.82, 2.24) is 9.97 Å². The third-order valence-corrected chi connectivity index (χ3v) is 1.51. The number of nitrogens with zero attached hydrogens (tertiary/aromatic N) is 2. The molecule has 12 heavy (non-hydrogen) atoms. The molecule has 0 saturated heterocycles. The maximum absolute atomic E-state index is 10.2. The first-order valence-electron chi connectivity index (χ1n) is 3.37. The van der Waals surface area contributed by atoms with E-state index < -0.39 is 0 Å².